The molecule has 18 heavy (non-hydrogen) atoms. The zero-order valence-electron chi connectivity index (χ0n) is 9.92. The molecule has 1 unspecified atom stereocenters. The number of ketones is 1. The summed E-state index contributed by atoms with van der Waals surface area (Å²) < 4.78 is 13.2. The number of thioether (sulfide) groups is 1. The Morgan fingerprint density at radius 3 is 3.11 bits per heavy atom. The Morgan fingerprint density at radius 2 is 2.39 bits per heavy atom. The molecule has 1 aliphatic heterocycles. The van der Waals surface area contributed by atoms with Gasteiger partial charge in [0.2, 0.25) is 0 Å². The van der Waals surface area contributed by atoms with Crippen molar-refractivity contribution in [3.8, 4) is 0 Å². The number of benzene rings is 1. The van der Waals surface area contributed by atoms with Crippen LogP contribution in [0.4, 0.5) is 4.39 Å². The van der Waals surface area contributed by atoms with Crippen LogP contribution in [0, 0.1) is 5.82 Å². The summed E-state index contributed by atoms with van der Waals surface area (Å²) in [5.41, 5.74) is 0.574. The number of halogens is 2. The molecule has 1 aromatic rings. The van der Waals surface area contributed by atoms with Gasteiger partial charge in [-0.05, 0) is 11.6 Å². The number of carbonyl (C=O) groups is 1. The van der Waals surface area contributed by atoms with Gasteiger partial charge in [-0.1, -0.05) is 23.7 Å². The average Bonchev–Trinajstić information content (AvgIpc) is 2.36. The number of rotatable bonds is 4. The van der Waals surface area contributed by atoms with Crippen LogP contribution in [0.5, 0.6) is 0 Å². The molecule has 1 aromatic carbocycles. The van der Waals surface area contributed by atoms with Crippen LogP contribution in [-0.4, -0.2) is 29.9 Å². The minimum Gasteiger partial charge on any atom is -0.312 e. The van der Waals surface area contributed by atoms with Gasteiger partial charge in [-0.25, -0.2) is 4.39 Å². The van der Waals surface area contributed by atoms with Crippen LogP contribution < -0.4 is 5.32 Å². The van der Waals surface area contributed by atoms with Crippen molar-refractivity contribution in [2.45, 2.75) is 18.9 Å². The van der Waals surface area contributed by atoms with E-state index in [1.165, 1.54) is 6.07 Å². The number of nitrogens with one attached hydrogen (secondary N) is 1. The van der Waals surface area contributed by atoms with E-state index in [0.29, 0.717) is 12.0 Å². The Bertz CT molecular complexity index is 435. The zero-order chi connectivity index (χ0) is 13.0. The number of hydrogen-bond donors (Lipinski definition) is 1. The van der Waals surface area contributed by atoms with Crippen LogP contribution in [-0.2, 0) is 11.2 Å². The molecule has 0 radical (unpaired) electrons. The summed E-state index contributed by atoms with van der Waals surface area (Å²) in [5, 5.41) is 3.38. The molecule has 0 bridgehead atoms. The molecular formula is C13H15ClFNOS. The lowest BCUT2D eigenvalue weighted by molar-refractivity contribution is -0.118. The van der Waals surface area contributed by atoms with Crippen LogP contribution in [0.1, 0.15) is 12.0 Å². The maximum Gasteiger partial charge on any atom is 0.142 e. The topological polar surface area (TPSA) is 29.1 Å². The van der Waals surface area contributed by atoms with E-state index in [-0.39, 0.29) is 23.3 Å². The summed E-state index contributed by atoms with van der Waals surface area (Å²) in [6, 6.07) is 4.82. The van der Waals surface area contributed by atoms with Gasteiger partial charge in [0, 0.05) is 36.9 Å². The number of hydrogen-bond acceptors (Lipinski definition) is 3. The second kappa shape index (κ2) is 6.55. The molecule has 1 aliphatic rings. The maximum atomic E-state index is 13.2. The van der Waals surface area contributed by atoms with Crippen LogP contribution in [0.25, 0.3) is 0 Å². The SMILES string of the molecule is O=C(Cc1cccc(F)c1Cl)CC1CSCCN1. The first-order valence-electron chi connectivity index (χ1n) is 5.92. The molecule has 0 saturated carbocycles. The van der Waals surface area contributed by atoms with Crippen molar-refractivity contribution in [3.05, 3.63) is 34.6 Å². The van der Waals surface area contributed by atoms with Gasteiger partial charge in [-0.15, -0.1) is 0 Å². The first-order valence-corrected chi connectivity index (χ1v) is 7.46. The Kier molecular flexibility index (Phi) is 5.03. The Hall–Kier alpha value is -0.580. The highest BCUT2D eigenvalue weighted by Crippen LogP contribution is 2.21. The highest BCUT2D eigenvalue weighted by Gasteiger charge is 2.18. The van der Waals surface area contributed by atoms with Crippen LogP contribution >= 0.6 is 23.4 Å². The molecule has 1 heterocycles. The fourth-order valence-corrected chi connectivity index (χ4v) is 3.14. The molecule has 2 nitrogen and oxygen atoms in total. The molecule has 0 aliphatic carbocycles. The molecule has 0 amide bonds. The lowest BCUT2D eigenvalue weighted by atomic mass is 10.0. The fraction of sp³-hybridized carbons (Fsp3) is 0.462. The fourth-order valence-electron chi connectivity index (χ4n) is 2.00. The molecule has 1 N–H and O–H groups in total. The third-order valence-electron chi connectivity index (χ3n) is 2.89. The van der Waals surface area contributed by atoms with E-state index in [4.69, 9.17) is 11.6 Å². The van der Waals surface area contributed by atoms with E-state index in [2.05, 4.69) is 5.32 Å². The van der Waals surface area contributed by atoms with Crippen molar-refractivity contribution in [1.29, 1.82) is 0 Å². The molecule has 0 aromatic heterocycles. The monoisotopic (exact) mass is 287 g/mol. The quantitative estimate of drug-likeness (QED) is 0.923. The predicted octanol–water partition coefficient (Wildman–Crippen LogP) is 2.69. The van der Waals surface area contributed by atoms with E-state index in [9.17, 15) is 9.18 Å². The summed E-state index contributed by atoms with van der Waals surface area (Å²) in [5.74, 6) is 1.69. The Morgan fingerprint density at radius 1 is 1.56 bits per heavy atom. The minimum atomic E-state index is -0.465. The predicted molar refractivity (Wildman–Crippen MR) is 73.9 cm³/mol. The summed E-state index contributed by atoms with van der Waals surface area (Å²) in [4.78, 5) is 11.9. The molecule has 1 atom stereocenters. The standard InChI is InChI=1S/C13H15ClFNOS/c14-13-9(2-1-3-12(13)15)6-11(17)7-10-8-18-5-4-16-10/h1-3,10,16H,4-8H2. The first-order chi connectivity index (χ1) is 8.66. The van der Waals surface area contributed by atoms with E-state index >= 15 is 0 Å². The van der Waals surface area contributed by atoms with Crippen LogP contribution in [0.15, 0.2) is 18.2 Å². The largest absolute Gasteiger partial charge is 0.312 e. The van der Waals surface area contributed by atoms with Gasteiger partial charge in [0.05, 0.1) is 5.02 Å². The summed E-state index contributed by atoms with van der Waals surface area (Å²) >= 11 is 7.69. The summed E-state index contributed by atoms with van der Waals surface area (Å²) in [7, 11) is 0. The van der Waals surface area contributed by atoms with Crippen molar-refractivity contribution in [2.24, 2.45) is 0 Å². The first kappa shape index (κ1) is 13.8. The number of Topliss-reactive ketones (excluding diaryl/α,β-unsaturated/α-hetero) is 1. The van der Waals surface area contributed by atoms with Gasteiger partial charge in [-0.3, -0.25) is 4.79 Å². The van der Waals surface area contributed by atoms with Gasteiger partial charge >= 0.3 is 0 Å². The lowest BCUT2D eigenvalue weighted by Crippen LogP contribution is -2.39. The van der Waals surface area contributed by atoms with Crippen molar-refractivity contribution < 1.29 is 9.18 Å². The van der Waals surface area contributed by atoms with Gasteiger partial charge in [-0.2, -0.15) is 11.8 Å². The van der Waals surface area contributed by atoms with Crippen molar-refractivity contribution in [1.82, 2.24) is 5.32 Å². The average molecular weight is 288 g/mol. The van der Waals surface area contributed by atoms with Gasteiger partial charge < -0.3 is 5.32 Å². The molecule has 1 saturated heterocycles. The van der Waals surface area contributed by atoms with Crippen LogP contribution in [0.2, 0.25) is 5.02 Å². The van der Waals surface area contributed by atoms with E-state index in [1.54, 1.807) is 12.1 Å². The lowest BCUT2D eigenvalue weighted by Gasteiger charge is -2.22. The zero-order valence-corrected chi connectivity index (χ0v) is 11.5. The van der Waals surface area contributed by atoms with E-state index in [0.717, 1.165) is 18.1 Å². The number of carbonyl (C=O) groups excluding carboxylic acids is 1. The second-order valence-corrected chi connectivity index (χ2v) is 5.89. The van der Waals surface area contributed by atoms with Crippen molar-refractivity contribution in [2.75, 3.05) is 18.1 Å². The van der Waals surface area contributed by atoms with Crippen LogP contribution in [0.3, 0.4) is 0 Å². The second-order valence-electron chi connectivity index (χ2n) is 4.36. The van der Waals surface area contributed by atoms with Gasteiger partial charge in [0.25, 0.3) is 0 Å². The molecule has 1 fully saturated rings. The Balaban J connectivity index is 1.92. The molecular weight excluding hydrogens is 273 g/mol. The summed E-state index contributed by atoms with van der Waals surface area (Å²) in [6.07, 6.45) is 0.694. The minimum absolute atomic E-state index is 0.0665. The highest BCUT2D eigenvalue weighted by molar-refractivity contribution is 7.99. The normalized spacial score (nSPS) is 19.8. The molecule has 98 valence electrons. The van der Waals surface area contributed by atoms with Crippen molar-refractivity contribution in [3.63, 3.8) is 0 Å². The highest BCUT2D eigenvalue weighted by atomic mass is 35.5. The maximum absolute atomic E-state index is 13.2. The summed E-state index contributed by atoms with van der Waals surface area (Å²) in [6.45, 7) is 0.948. The van der Waals surface area contributed by atoms with Crippen molar-refractivity contribution >= 4 is 29.1 Å². The third-order valence-corrected chi connectivity index (χ3v) is 4.45. The van der Waals surface area contributed by atoms with Gasteiger partial charge in [0.15, 0.2) is 0 Å². The molecule has 5 heteroatoms. The van der Waals surface area contributed by atoms with E-state index in [1.807, 2.05) is 11.8 Å². The molecule has 2 rings (SSSR count). The third kappa shape index (κ3) is 3.70. The molecule has 0 spiro atoms. The smallest absolute Gasteiger partial charge is 0.142 e. The Labute approximate surface area is 115 Å². The van der Waals surface area contributed by atoms with Gasteiger partial charge in [0.1, 0.15) is 11.6 Å². The van der Waals surface area contributed by atoms with E-state index < -0.39 is 5.82 Å².